The van der Waals surface area contributed by atoms with Gasteiger partial charge in [-0.05, 0) is 54.1 Å². The van der Waals surface area contributed by atoms with Crippen LogP contribution in [-0.4, -0.2) is 34.2 Å². The minimum Gasteiger partial charge on any atom is -0.479 e. The minimum atomic E-state index is -1.96. The number of halogens is 1. The Morgan fingerprint density at radius 1 is 1.44 bits per heavy atom. The van der Waals surface area contributed by atoms with Gasteiger partial charge in [-0.2, -0.15) is 0 Å². The Bertz CT molecular complexity index is 485. The second-order valence-electron chi connectivity index (χ2n) is 4.23. The van der Waals surface area contributed by atoms with E-state index in [1.54, 1.807) is 12.1 Å². The predicted octanol–water partition coefficient (Wildman–Crippen LogP) is 1.17. The number of carbonyl (C=O) groups excluding carboxylic acids is 1. The molecule has 1 amide bonds. The normalized spacial score (nSPS) is 13.8. The van der Waals surface area contributed by atoms with Crippen LogP contribution in [0.3, 0.4) is 0 Å². The molecule has 0 radical (unpaired) electrons. The Balaban J connectivity index is 2.72. The number of hydrogen-bond donors (Lipinski definition) is 3. The summed E-state index contributed by atoms with van der Waals surface area (Å²) in [6.45, 7) is 2.72. The number of amides is 1. The van der Waals surface area contributed by atoms with Crippen LogP contribution in [0.4, 0.5) is 0 Å². The number of aliphatic carboxylic acids is 1. The van der Waals surface area contributed by atoms with Crippen LogP contribution < -0.4 is 5.32 Å². The van der Waals surface area contributed by atoms with E-state index in [9.17, 15) is 14.7 Å². The van der Waals surface area contributed by atoms with Crippen LogP contribution in [0.1, 0.15) is 22.8 Å². The minimum absolute atomic E-state index is 0.342. The first-order valence-electron chi connectivity index (χ1n) is 5.24. The van der Waals surface area contributed by atoms with E-state index >= 15 is 0 Å². The van der Waals surface area contributed by atoms with Crippen molar-refractivity contribution >= 4 is 34.5 Å². The first-order valence-corrected chi connectivity index (χ1v) is 6.32. The van der Waals surface area contributed by atoms with Gasteiger partial charge in [0.25, 0.3) is 5.91 Å². The molecule has 0 saturated carbocycles. The molecular formula is C12H14INO4. The Morgan fingerprint density at radius 3 is 2.56 bits per heavy atom. The summed E-state index contributed by atoms with van der Waals surface area (Å²) in [7, 11) is 0. The fourth-order valence-corrected chi connectivity index (χ4v) is 1.68. The van der Waals surface area contributed by atoms with E-state index in [2.05, 4.69) is 27.9 Å². The average molecular weight is 363 g/mol. The van der Waals surface area contributed by atoms with Crippen LogP contribution in [-0.2, 0) is 4.79 Å². The van der Waals surface area contributed by atoms with Crippen molar-refractivity contribution in [1.82, 2.24) is 5.32 Å². The summed E-state index contributed by atoms with van der Waals surface area (Å²) in [6, 6.07) is 5.18. The highest BCUT2D eigenvalue weighted by Gasteiger charge is 2.30. The zero-order chi connectivity index (χ0) is 13.9. The lowest BCUT2D eigenvalue weighted by Gasteiger charge is -2.18. The molecule has 1 atom stereocenters. The third-order valence-electron chi connectivity index (χ3n) is 2.49. The van der Waals surface area contributed by atoms with Gasteiger partial charge < -0.3 is 15.5 Å². The molecule has 0 spiro atoms. The van der Waals surface area contributed by atoms with Gasteiger partial charge in [0.2, 0.25) is 0 Å². The van der Waals surface area contributed by atoms with Gasteiger partial charge >= 0.3 is 5.97 Å². The first-order chi connectivity index (χ1) is 8.24. The average Bonchev–Trinajstić information content (AvgIpc) is 2.29. The van der Waals surface area contributed by atoms with Gasteiger partial charge in [0.05, 0.1) is 6.54 Å². The number of rotatable bonds is 4. The summed E-state index contributed by atoms with van der Waals surface area (Å²) in [4.78, 5) is 22.4. The van der Waals surface area contributed by atoms with Crippen molar-refractivity contribution in [3.05, 3.63) is 32.9 Å². The van der Waals surface area contributed by atoms with E-state index in [0.717, 1.165) is 16.1 Å². The largest absolute Gasteiger partial charge is 0.479 e. The van der Waals surface area contributed by atoms with Crippen LogP contribution in [0.5, 0.6) is 0 Å². The van der Waals surface area contributed by atoms with E-state index in [0.29, 0.717) is 5.56 Å². The molecule has 5 nitrogen and oxygen atoms in total. The van der Waals surface area contributed by atoms with Crippen molar-refractivity contribution in [2.24, 2.45) is 0 Å². The standard InChI is InChI=1S/C12H14INO4/c1-7-3-4-8(5-9(7)13)10(15)14-6-12(2,18)11(16)17/h3-5,18H,6H2,1-2H3,(H,14,15)(H,16,17). The van der Waals surface area contributed by atoms with Crippen molar-refractivity contribution in [2.45, 2.75) is 19.4 Å². The van der Waals surface area contributed by atoms with E-state index in [1.165, 1.54) is 0 Å². The second kappa shape index (κ2) is 5.66. The highest BCUT2D eigenvalue weighted by atomic mass is 127. The van der Waals surface area contributed by atoms with Crippen molar-refractivity contribution in [2.75, 3.05) is 6.54 Å². The maximum atomic E-state index is 11.8. The van der Waals surface area contributed by atoms with Crippen LogP contribution in [0, 0.1) is 10.5 Å². The van der Waals surface area contributed by atoms with E-state index < -0.39 is 17.5 Å². The molecule has 18 heavy (non-hydrogen) atoms. The predicted molar refractivity (Wildman–Crippen MR) is 74.5 cm³/mol. The summed E-state index contributed by atoms with van der Waals surface area (Å²) in [5, 5.41) is 20.6. The van der Waals surface area contributed by atoms with Crippen LogP contribution >= 0.6 is 22.6 Å². The first kappa shape index (κ1) is 14.9. The van der Waals surface area contributed by atoms with Gasteiger partial charge in [0.1, 0.15) is 0 Å². The Morgan fingerprint density at radius 2 is 2.06 bits per heavy atom. The van der Waals surface area contributed by atoms with Gasteiger partial charge in [-0.15, -0.1) is 0 Å². The molecule has 0 bridgehead atoms. The summed E-state index contributed by atoms with van der Waals surface area (Å²) < 4.78 is 0.949. The van der Waals surface area contributed by atoms with Crippen LogP contribution in [0.2, 0.25) is 0 Å². The fraction of sp³-hybridized carbons (Fsp3) is 0.333. The third-order valence-corrected chi connectivity index (χ3v) is 3.65. The maximum absolute atomic E-state index is 11.8. The number of carboxylic acids is 1. The highest BCUT2D eigenvalue weighted by molar-refractivity contribution is 14.1. The number of hydrogen-bond acceptors (Lipinski definition) is 3. The van der Waals surface area contributed by atoms with Crippen LogP contribution in [0.15, 0.2) is 18.2 Å². The van der Waals surface area contributed by atoms with Crippen molar-refractivity contribution < 1.29 is 19.8 Å². The van der Waals surface area contributed by atoms with Crippen LogP contribution in [0.25, 0.3) is 0 Å². The van der Waals surface area contributed by atoms with Gasteiger partial charge in [0.15, 0.2) is 5.60 Å². The quantitative estimate of drug-likeness (QED) is 0.701. The molecule has 0 heterocycles. The topological polar surface area (TPSA) is 86.6 Å². The molecule has 1 rings (SSSR count). The lowest BCUT2D eigenvalue weighted by molar-refractivity contribution is -0.155. The monoisotopic (exact) mass is 363 g/mol. The number of benzene rings is 1. The van der Waals surface area contributed by atoms with Gasteiger partial charge in [-0.25, -0.2) is 4.79 Å². The number of carboxylic acid groups (broad SMARTS) is 1. The zero-order valence-corrected chi connectivity index (χ0v) is 12.2. The van der Waals surface area contributed by atoms with Gasteiger partial charge in [-0.3, -0.25) is 4.79 Å². The van der Waals surface area contributed by atoms with Crippen molar-refractivity contribution in [3.63, 3.8) is 0 Å². The Labute approximate surface area is 118 Å². The third kappa shape index (κ3) is 3.67. The summed E-state index contributed by atoms with van der Waals surface area (Å²) in [5.74, 6) is -1.78. The lowest BCUT2D eigenvalue weighted by atomic mass is 10.1. The SMILES string of the molecule is Cc1ccc(C(=O)NCC(C)(O)C(=O)O)cc1I. The number of carbonyl (C=O) groups is 2. The molecular weight excluding hydrogens is 349 g/mol. The zero-order valence-electron chi connectivity index (χ0n) is 10.0. The smallest absolute Gasteiger partial charge is 0.337 e. The molecule has 0 saturated heterocycles. The number of nitrogens with one attached hydrogen (secondary N) is 1. The van der Waals surface area contributed by atoms with E-state index in [4.69, 9.17) is 5.11 Å². The molecule has 98 valence electrons. The summed E-state index contributed by atoms with van der Waals surface area (Å²) >= 11 is 2.12. The molecule has 6 heteroatoms. The fourth-order valence-electron chi connectivity index (χ4n) is 1.16. The highest BCUT2D eigenvalue weighted by Crippen LogP contribution is 2.13. The summed E-state index contributed by atoms with van der Waals surface area (Å²) in [5.41, 5.74) is -0.469. The molecule has 0 aliphatic carbocycles. The Kier molecular flexibility index (Phi) is 4.69. The van der Waals surface area contributed by atoms with E-state index in [1.807, 2.05) is 13.0 Å². The molecule has 1 aromatic carbocycles. The van der Waals surface area contributed by atoms with E-state index in [-0.39, 0.29) is 6.54 Å². The second-order valence-corrected chi connectivity index (χ2v) is 5.39. The van der Waals surface area contributed by atoms with Crippen molar-refractivity contribution in [3.8, 4) is 0 Å². The number of aryl methyl sites for hydroxylation is 1. The molecule has 0 fully saturated rings. The molecule has 3 N–H and O–H groups in total. The molecule has 0 aromatic heterocycles. The van der Waals surface area contributed by atoms with Gasteiger partial charge in [-0.1, -0.05) is 6.07 Å². The molecule has 1 unspecified atom stereocenters. The number of aliphatic hydroxyl groups is 1. The van der Waals surface area contributed by atoms with Crippen molar-refractivity contribution in [1.29, 1.82) is 0 Å². The molecule has 1 aromatic rings. The lowest BCUT2D eigenvalue weighted by Crippen LogP contribution is -2.46. The Hall–Kier alpha value is -1.15. The maximum Gasteiger partial charge on any atom is 0.337 e. The molecule has 0 aliphatic rings. The summed E-state index contributed by atoms with van der Waals surface area (Å²) in [6.07, 6.45) is 0. The molecule has 0 aliphatic heterocycles. The van der Waals surface area contributed by atoms with Gasteiger partial charge in [0, 0.05) is 9.13 Å².